The van der Waals surface area contributed by atoms with Crippen LogP contribution in [0, 0.1) is 20.8 Å². The van der Waals surface area contributed by atoms with Gasteiger partial charge in [0.2, 0.25) is 0 Å². The average Bonchev–Trinajstić information content (AvgIpc) is 3.09. The summed E-state index contributed by atoms with van der Waals surface area (Å²) in [5.41, 5.74) is 16.8. The number of hydrogen-bond acceptors (Lipinski definition) is 9. The standard InChI is InChI=1S/C23H38N10O/c1-15-12-16(2)32(29-15)14-22(24)30-33(27)13-20(31(4)26)23(25)19-10-11-21(17(3)28-19)34-18-8-6-5-7-9-18/h10-12,18H,5-9,13-14,25-27H2,1-4H3,(H2,24,30)/b23-20-. The van der Waals surface area contributed by atoms with E-state index >= 15 is 0 Å². The summed E-state index contributed by atoms with van der Waals surface area (Å²) in [5.74, 6) is 13.3. The lowest BCUT2D eigenvalue weighted by Gasteiger charge is -2.25. The predicted molar refractivity (Wildman–Crippen MR) is 134 cm³/mol. The molecule has 34 heavy (non-hydrogen) atoms. The molecular weight excluding hydrogens is 432 g/mol. The van der Waals surface area contributed by atoms with Crippen LogP contribution in [0.3, 0.4) is 0 Å². The van der Waals surface area contributed by atoms with Crippen LogP contribution in [0.15, 0.2) is 29.0 Å². The molecule has 0 amide bonds. The summed E-state index contributed by atoms with van der Waals surface area (Å²) in [6.07, 6.45) is 6.12. The molecule has 1 saturated carbocycles. The van der Waals surface area contributed by atoms with E-state index in [1.165, 1.54) is 29.4 Å². The number of hydrazine groups is 2. The number of ether oxygens (including phenoxy) is 1. The molecule has 11 nitrogen and oxygen atoms in total. The van der Waals surface area contributed by atoms with Crippen LogP contribution in [-0.2, 0) is 6.54 Å². The smallest absolute Gasteiger partial charge is 0.143 e. The maximum Gasteiger partial charge on any atom is 0.143 e. The topological polar surface area (TPSA) is 163 Å². The Morgan fingerprint density at radius 2 is 1.85 bits per heavy atom. The minimum absolute atomic E-state index is 0.137. The normalized spacial score (nSPS) is 15.8. The second kappa shape index (κ2) is 11.2. The van der Waals surface area contributed by atoms with Crippen LogP contribution in [0.25, 0.3) is 5.70 Å². The summed E-state index contributed by atoms with van der Waals surface area (Å²) in [5, 5.41) is 11.3. The summed E-state index contributed by atoms with van der Waals surface area (Å²) in [4.78, 5) is 4.66. The van der Waals surface area contributed by atoms with Gasteiger partial charge in [-0.15, -0.1) is 5.10 Å². The molecule has 0 unspecified atom stereocenters. The number of aryl methyl sites for hydroxylation is 3. The van der Waals surface area contributed by atoms with E-state index in [1.807, 2.05) is 39.0 Å². The van der Waals surface area contributed by atoms with Crippen molar-refractivity contribution in [2.75, 3.05) is 13.6 Å². The molecule has 0 aliphatic heterocycles. The molecule has 0 saturated heterocycles. The van der Waals surface area contributed by atoms with E-state index in [-0.39, 0.29) is 12.6 Å². The largest absolute Gasteiger partial charge is 0.489 e. The second-order valence-corrected chi connectivity index (χ2v) is 8.90. The van der Waals surface area contributed by atoms with Crippen molar-refractivity contribution in [1.82, 2.24) is 24.9 Å². The minimum Gasteiger partial charge on any atom is -0.489 e. The van der Waals surface area contributed by atoms with Crippen LogP contribution in [-0.4, -0.2) is 50.4 Å². The van der Waals surface area contributed by atoms with E-state index in [1.54, 1.807) is 11.7 Å². The number of nitrogens with zero attached hydrogens (tertiary/aromatic N) is 6. The Morgan fingerprint density at radius 1 is 1.15 bits per heavy atom. The van der Waals surface area contributed by atoms with Gasteiger partial charge in [0.1, 0.15) is 18.1 Å². The van der Waals surface area contributed by atoms with E-state index in [4.69, 9.17) is 27.9 Å². The van der Waals surface area contributed by atoms with Gasteiger partial charge in [-0.25, -0.2) is 21.8 Å². The Kier molecular flexibility index (Phi) is 8.35. The average molecular weight is 471 g/mol. The molecule has 2 aromatic rings. The fourth-order valence-electron chi connectivity index (χ4n) is 4.09. The lowest BCUT2D eigenvalue weighted by Crippen LogP contribution is -2.39. The Labute approximate surface area is 201 Å². The van der Waals surface area contributed by atoms with Gasteiger partial charge in [-0.3, -0.25) is 4.68 Å². The van der Waals surface area contributed by atoms with Crippen molar-refractivity contribution in [2.24, 2.45) is 28.3 Å². The molecule has 0 atom stereocenters. The second-order valence-electron chi connectivity index (χ2n) is 8.90. The molecule has 3 rings (SSSR count). The molecule has 2 aromatic heterocycles. The summed E-state index contributed by atoms with van der Waals surface area (Å²) in [6.45, 7) is 6.26. The molecular formula is C23H38N10O. The van der Waals surface area contributed by atoms with Crippen molar-refractivity contribution in [2.45, 2.75) is 65.5 Å². The zero-order chi connectivity index (χ0) is 24.8. The maximum absolute atomic E-state index is 6.45. The third kappa shape index (κ3) is 6.61. The quantitative estimate of drug-likeness (QED) is 0.184. The van der Waals surface area contributed by atoms with Crippen molar-refractivity contribution in [3.63, 3.8) is 0 Å². The number of amidine groups is 1. The molecule has 1 aliphatic carbocycles. The monoisotopic (exact) mass is 470 g/mol. The first kappa shape index (κ1) is 25.3. The molecule has 8 N–H and O–H groups in total. The van der Waals surface area contributed by atoms with Gasteiger partial charge in [-0.05, 0) is 64.7 Å². The first-order valence-electron chi connectivity index (χ1n) is 11.6. The highest BCUT2D eigenvalue weighted by Crippen LogP contribution is 2.26. The van der Waals surface area contributed by atoms with E-state index in [0.717, 1.165) is 35.7 Å². The molecule has 0 spiro atoms. The van der Waals surface area contributed by atoms with E-state index in [9.17, 15) is 0 Å². The highest BCUT2D eigenvalue weighted by atomic mass is 16.5. The molecule has 11 heteroatoms. The summed E-state index contributed by atoms with van der Waals surface area (Å²) in [7, 11) is 1.69. The number of hydrazone groups is 1. The third-order valence-electron chi connectivity index (χ3n) is 5.88. The molecule has 1 aliphatic rings. The van der Waals surface area contributed by atoms with Gasteiger partial charge in [0.15, 0.2) is 0 Å². The van der Waals surface area contributed by atoms with Crippen LogP contribution in [0.5, 0.6) is 5.75 Å². The van der Waals surface area contributed by atoms with Gasteiger partial charge in [0.25, 0.3) is 0 Å². The van der Waals surface area contributed by atoms with Gasteiger partial charge in [-0.1, -0.05) is 6.42 Å². The number of rotatable bonds is 9. The van der Waals surface area contributed by atoms with Gasteiger partial charge in [0, 0.05) is 12.7 Å². The van der Waals surface area contributed by atoms with Crippen LogP contribution in [0.1, 0.15) is 54.9 Å². The molecule has 1 fully saturated rings. The van der Waals surface area contributed by atoms with Crippen molar-refractivity contribution in [3.8, 4) is 5.75 Å². The number of aromatic nitrogens is 3. The molecule has 2 heterocycles. The molecule has 0 radical (unpaired) electrons. The predicted octanol–water partition coefficient (Wildman–Crippen LogP) is 1.50. The molecule has 0 bridgehead atoms. The first-order chi connectivity index (χ1) is 16.1. The van der Waals surface area contributed by atoms with Crippen LogP contribution in [0.4, 0.5) is 0 Å². The Balaban J connectivity index is 1.73. The van der Waals surface area contributed by atoms with Crippen LogP contribution in [0.2, 0.25) is 0 Å². The summed E-state index contributed by atoms with van der Waals surface area (Å²) >= 11 is 0. The Bertz CT molecular complexity index is 1040. The number of likely N-dealkylation sites (N-methyl/N-ethyl adjacent to an activating group) is 1. The SMILES string of the molecule is Cc1cc(C)n(C/C(N)=N/N(N)C/C(=C(/N)c2ccc(OC3CCCCC3)c(C)n2)N(C)N)n1. The van der Waals surface area contributed by atoms with E-state index < -0.39 is 0 Å². The first-order valence-corrected chi connectivity index (χ1v) is 11.6. The fourth-order valence-corrected chi connectivity index (χ4v) is 4.09. The van der Waals surface area contributed by atoms with Crippen LogP contribution < -0.4 is 27.9 Å². The van der Waals surface area contributed by atoms with Crippen LogP contribution >= 0.6 is 0 Å². The minimum atomic E-state index is 0.137. The number of nitrogens with two attached hydrogens (primary N) is 4. The van der Waals surface area contributed by atoms with Gasteiger partial charge in [0.05, 0.1) is 41.1 Å². The molecule has 0 aromatic carbocycles. The zero-order valence-corrected chi connectivity index (χ0v) is 20.7. The van der Waals surface area contributed by atoms with Crippen molar-refractivity contribution in [1.29, 1.82) is 0 Å². The zero-order valence-electron chi connectivity index (χ0n) is 20.7. The highest BCUT2D eigenvalue weighted by Gasteiger charge is 2.18. The van der Waals surface area contributed by atoms with E-state index in [0.29, 0.717) is 29.5 Å². The van der Waals surface area contributed by atoms with Gasteiger partial charge < -0.3 is 21.2 Å². The highest BCUT2D eigenvalue weighted by molar-refractivity contribution is 5.79. The summed E-state index contributed by atoms with van der Waals surface area (Å²) < 4.78 is 7.94. The van der Waals surface area contributed by atoms with Crippen molar-refractivity contribution in [3.05, 3.63) is 46.7 Å². The van der Waals surface area contributed by atoms with Gasteiger partial charge >= 0.3 is 0 Å². The third-order valence-corrected chi connectivity index (χ3v) is 5.88. The Morgan fingerprint density at radius 3 is 2.44 bits per heavy atom. The number of pyridine rings is 1. The fraction of sp³-hybridized carbons (Fsp3) is 0.522. The van der Waals surface area contributed by atoms with Crippen molar-refractivity contribution < 1.29 is 4.74 Å². The lowest BCUT2D eigenvalue weighted by molar-refractivity contribution is 0.153. The maximum atomic E-state index is 6.45. The Hall–Kier alpha value is -3.31. The summed E-state index contributed by atoms with van der Waals surface area (Å²) in [6, 6.07) is 5.72. The van der Waals surface area contributed by atoms with E-state index in [2.05, 4.69) is 15.2 Å². The number of hydrogen-bond donors (Lipinski definition) is 4. The van der Waals surface area contributed by atoms with Crippen molar-refractivity contribution >= 4 is 11.5 Å². The molecule has 186 valence electrons. The lowest BCUT2D eigenvalue weighted by atomic mass is 9.98. The van der Waals surface area contributed by atoms with Gasteiger partial charge in [-0.2, -0.15) is 5.10 Å².